The number of likely N-dealkylation sites (tertiary alicyclic amines) is 1. The Morgan fingerprint density at radius 3 is 3.06 bits per heavy atom. The lowest BCUT2D eigenvalue weighted by molar-refractivity contribution is 0.190. The van der Waals surface area contributed by atoms with Crippen molar-refractivity contribution >= 4 is 17.3 Å². The summed E-state index contributed by atoms with van der Waals surface area (Å²) in [5, 5.41) is 4.20. The van der Waals surface area contributed by atoms with Gasteiger partial charge in [-0.2, -0.15) is 0 Å². The molecule has 2 atom stereocenters. The van der Waals surface area contributed by atoms with Gasteiger partial charge in [-0.1, -0.05) is 11.6 Å². The van der Waals surface area contributed by atoms with Crippen molar-refractivity contribution in [3.8, 4) is 0 Å². The first-order valence-corrected chi connectivity index (χ1v) is 6.11. The second-order valence-corrected chi connectivity index (χ2v) is 4.96. The van der Waals surface area contributed by atoms with Gasteiger partial charge >= 0.3 is 0 Å². The smallest absolute Gasteiger partial charge is 0.0820 e. The average molecular weight is 240 g/mol. The van der Waals surface area contributed by atoms with Crippen LogP contribution in [0, 0.1) is 0 Å². The van der Waals surface area contributed by atoms with E-state index < -0.39 is 0 Å². The van der Waals surface area contributed by atoms with Gasteiger partial charge in [0.25, 0.3) is 0 Å². The van der Waals surface area contributed by atoms with Crippen LogP contribution in [0.4, 0.5) is 5.69 Å². The number of halogens is 1. The summed E-state index contributed by atoms with van der Waals surface area (Å²) in [4.78, 5) is 6.38. The number of nitrogens with zero attached hydrogens (tertiary/aromatic N) is 2. The minimum absolute atomic E-state index is 0.520. The highest BCUT2D eigenvalue weighted by Gasteiger charge is 2.22. The van der Waals surface area contributed by atoms with E-state index in [0.29, 0.717) is 17.1 Å². The Morgan fingerprint density at radius 2 is 2.38 bits per heavy atom. The summed E-state index contributed by atoms with van der Waals surface area (Å²) < 4.78 is 0. The van der Waals surface area contributed by atoms with E-state index in [0.717, 1.165) is 18.7 Å². The Labute approximate surface area is 102 Å². The monoisotopic (exact) mass is 239 g/mol. The number of rotatable bonds is 2. The summed E-state index contributed by atoms with van der Waals surface area (Å²) in [6, 6.07) is 3.09. The summed E-state index contributed by atoms with van der Waals surface area (Å²) in [5.41, 5.74) is 0.999. The molecule has 1 fully saturated rings. The molecule has 1 aromatic heterocycles. The van der Waals surface area contributed by atoms with Crippen LogP contribution in [0.1, 0.15) is 19.8 Å². The van der Waals surface area contributed by atoms with Gasteiger partial charge in [-0.3, -0.25) is 4.98 Å². The molecule has 4 heteroatoms. The lowest BCUT2D eigenvalue weighted by Gasteiger charge is -2.35. The lowest BCUT2D eigenvalue weighted by Crippen LogP contribution is -2.42. The Bertz CT molecular complexity index is 356. The van der Waals surface area contributed by atoms with Crippen molar-refractivity contribution in [2.75, 3.05) is 18.9 Å². The number of anilines is 1. The zero-order chi connectivity index (χ0) is 11.5. The maximum absolute atomic E-state index is 6.07. The summed E-state index contributed by atoms with van der Waals surface area (Å²) in [7, 11) is 2.18. The molecule has 0 spiro atoms. The molecule has 0 aromatic carbocycles. The van der Waals surface area contributed by atoms with E-state index in [1.807, 2.05) is 6.07 Å². The molecule has 2 unspecified atom stereocenters. The van der Waals surface area contributed by atoms with Gasteiger partial charge in [0.1, 0.15) is 0 Å². The van der Waals surface area contributed by atoms with Gasteiger partial charge in [0.05, 0.1) is 10.7 Å². The maximum Gasteiger partial charge on any atom is 0.0820 e. The van der Waals surface area contributed by atoms with Crippen LogP contribution in [-0.4, -0.2) is 35.6 Å². The van der Waals surface area contributed by atoms with Crippen LogP contribution in [0.25, 0.3) is 0 Å². The normalized spacial score (nSPS) is 26.7. The molecule has 0 amide bonds. The van der Waals surface area contributed by atoms with E-state index in [2.05, 4.69) is 29.2 Å². The first-order chi connectivity index (χ1) is 7.66. The average Bonchev–Trinajstić information content (AvgIpc) is 2.27. The second kappa shape index (κ2) is 5.02. The van der Waals surface area contributed by atoms with Crippen molar-refractivity contribution in [2.45, 2.75) is 31.8 Å². The number of pyridine rings is 1. The summed E-state index contributed by atoms with van der Waals surface area (Å²) >= 11 is 6.07. The fraction of sp³-hybridized carbons (Fsp3) is 0.583. The standard InChI is InChI=1S/C12H18ClN3/c1-9-7-10(4-6-16(9)2)15-12-3-5-14-8-11(12)13/h3,5,8-10H,4,6-7H2,1-2H3,(H,14,15). The van der Waals surface area contributed by atoms with Crippen molar-refractivity contribution < 1.29 is 0 Å². The highest BCUT2D eigenvalue weighted by molar-refractivity contribution is 6.33. The maximum atomic E-state index is 6.07. The highest BCUT2D eigenvalue weighted by atomic mass is 35.5. The largest absolute Gasteiger partial charge is 0.381 e. The molecule has 0 bridgehead atoms. The molecule has 0 saturated carbocycles. The number of piperidine rings is 1. The molecular weight excluding hydrogens is 222 g/mol. The molecule has 0 radical (unpaired) electrons. The minimum atomic E-state index is 0.520. The van der Waals surface area contributed by atoms with E-state index in [4.69, 9.17) is 11.6 Å². The Morgan fingerprint density at radius 1 is 1.56 bits per heavy atom. The third-order valence-electron chi connectivity index (χ3n) is 3.34. The van der Waals surface area contributed by atoms with Crippen molar-refractivity contribution in [1.29, 1.82) is 0 Å². The van der Waals surface area contributed by atoms with E-state index >= 15 is 0 Å². The van der Waals surface area contributed by atoms with Crippen molar-refractivity contribution in [3.05, 3.63) is 23.5 Å². The second-order valence-electron chi connectivity index (χ2n) is 4.55. The predicted octanol–water partition coefficient (Wildman–Crippen LogP) is 2.63. The number of aromatic nitrogens is 1. The van der Waals surface area contributed by atoms with Crippen LogP contribution in [0.15, 0.2) is 18.5 Å². The molecule has 0 aliphatic carbocycles. The fourth-order valence-electron chi connectivity index (χ4n) is 2.13. The van der Waals surface area contributed by atoms with Gasteiger partial charge in [-0.15, -0.1) is 0 Å². The van der Waals surface area contributed by atoms with Crippen LogP contribution in [-0.2, 0) is 0 Å². The molecule has 2 heterocycles. The van der Waals surface area contributed by atoms with Gasteiger partial charge in [-0.25, -0.2) is 0 Å². The molecule has 16 heavy (non-hydrogen) atoms. The van der Waals surface area contributed by atoms with Crippen molar-refractivity contribution in [2.24, 2.45) is 0 Å². The van der Waals surface area contributed by atoms with Crippen molar-refractivity contribution in [1.82, 2.24) is 9.88 Å². The van der Waals surface area contributed by atoms with Gasteiger partial charge in [0.2, 0.25) is 0 Å². The Balaban J connectivity index is 1.98. The highest BCUT2D eigenvalue weighted by Crippen LogP contribution is 2.24. The zero-order valence-corrected chi connectivity index (χ0v) is 10.5. The SMILES string of the molecule is CC1CC(Nc2ccncc2Cl)CCN1C. The molecule has 1 N–H and O–H groups in total. The molecule has 1 saturated heterocycles. The first-order valence-electron chi connectivity index (χ1n) is 5.73. The number of hydrogen-bond donors (Lipinski definition) is 1. The van der Waals surface area contributed by atoms with Gasteiger partial charge in [-0.05, 0) is 32.9 Å². The van der Waals surface area contributed by atoms with Crippen LogP contribution in [0.2, 0.25) is 5.02 Å². The molecule has 1 aliphatic rings. The first kappa shape index (κ1) is 11.7. The zero-order valence-electron chi connectivity index (χ0n) is 9.78. The molecular formula is C12H18ClN3. The van der Waals surface area contributed by atoms with Crippen molar-refractivity contribution in [3.63, 3.8) is 0 Å². The molecule has 1 aliphatic heterocycles. The van der Waals surface area contributed by atoms with Crippen LogP contribution in [0.3, 0.4) is 0 Å². The van der Waals surface area contributed by atoms with E-state index in [1.165, 1.54) is 6.42 Å². The summed E-state index contributed by atoms with van der Waals surface area (Å²) in [5.74, 6) is 0. The number of hydrogen-bond acceptors (Lipinski definition) is 3. The molecule has 3 nitrogen and oxygen atoms in total. The lowest BCUT2D eigenvalue weighted by atomic mass is 9.99. The van der Waals surface area contributed by atoms with Crippen LogP contribution >= 0.6 is 11.6 Å². The quantitative estimate of drug-likeness (QED) is 0.860. The van der Waals surface area contributed by atoms with E-state index in [1.54, 1.807) is 12.4 Å². The third-order valence-corrected chi connectivity index (χ3v) is 3.64. The molecule has 88 valence electrons. The molecule has 1 aromatic rings. The van der Waals surface area contributed by atoms with Gasteiger partial charge in [0.15, 0.2) is 0 Å². The van der Waals surface area contributed by atoms with Gasteiger partial charge in [0, 0.05) is 31.0 Å². The van der Waals surface area contributed by atoms with Gasteiger partial charge < -0.3 is 10.2 Å². The third kappa shape index (κ3) is 2.66. The number of nitrogens with one attached hydrogen (secondary N) is 1. The molecule has 2 rings (SSSR count). The minimum Gasteiger partial charge on any atom is -0.381 e. The Kier molecular flexibility index (Phi) is 3.66. The van der Waals surface area contributed by atoms with Crippen LogP contribution in [0.5, 0.6) is 0 Å². The van der Waals surface area contributed by atoms with Crippen LogP contribution < -0.4 is 5.32 Å². The van der Waals surface area contributed by atoms with E-state index in [9.17, 15) is 0 Å². The fourth-order valence-corrected chi connectivity index (χ4v) is 2.31. The Hall–Kier alpha value is -0.800. The summed E-state index contributed by atoms with van der Waals surface area (Å²) in [6.45, 7) is 3.41. The predicted molar refractivity (Wildman–Crippen MR) is 68.0 cm³/mol. The van der Waals surface area contributed by atoms with E-state index in [-0.39, 0.29) is 0 Å². The summed E-state index contributed by atoms with van der Waals surface area (Å²) in [6.07, 6.45) is 5.78. The topological polar surface area (TPSA) is 28.2 Å².